The predicted molar refractivity (Wildman–Crippen MR) is 85.7 cm³/mol. The number of rotatable bonds is 6. The SMILES string of the molecule is NC(=O)N1CCC[C@H](C(=O)NCCCn2nccc2C2CC2)C1. The number of piperidine rings is 1. The Hall–Kier alpha value is -2.05. The molecule has 1 aromatic rings. The van der Waals surface area contributed by atoms with Gasteiger partial charge in [0.05, 0.1) is 5.92 Å². The number of urea groups is 1. The van der Waals surface area contributed by atoms with Crippen molar-refractivity contribution in [3.63, 3.8) is 0 Å². The van der Waals surface area contributed by atoms with Gasteiger partial charge in [-0.05, 0) is 38.2 Å². The van der Waals surface area contributed by atoms with Crippen LogP contribution < -0.4 is 11.1 Å². The first-order valence-corrected chi connectivity index (χ1v) is 8.49. The van der Waals surface area contributed by atoms with Crippen LogP contribution in [0.15, 0.2) is 12.3 Å². The van der Waals surface area contributed by atoms with Gasteiger partial charge in [0, 0.05) is 44.0 Å². The molecule has 1 saturated carbocycles. The number of primary amides is 1. The molecule has 2 fully saturated rings. The van der Waals surface area contributed by atoms with Crippen LogP contribution in [0.5, 0.6) is 0 Å². The maximum atomic E-state index is 12.2. The van der Waals surface area contributed by atoms with Crippen molar-refractivity contribution in [2.45, 2.75) is 44.6 Å². The van der Waals surface area contributed by atoms with E-state index in [0.717, 1.165) is 25.8 Å². The lowest BCUT2D eigenvalue weighted by Crippen LogP contribution is -2.47. The summed E-state index contributed by atoms with van der Waals surface area (Å²) in [4.78, 5) is 25.0. The minimum Gasteiger partial charge on any atom is -0.356 e. The highest BCUT2D eigenvalue weighted by molar-refractivity contribution is 5.80. The Morgan fingerprint density at radius 3 is 2.91 bits per heavy atom. The molecule has 0 spiro atoms. The number of amides is 3. The van der Waals surface area contributed by atoms with Gasteiger partial charge in [-0.1, -0.05) is 0 Å². The van der Waals surface area contributed by atoms with Crippen molar-refractivity contribution in [3.05, 3.63) is 18.0 Å². The quantitative estimate of drug-likeness (QED) is 0.768. The van der Waals surface area contributed by atoms with Gasteiger partial charge in [0.15, 0.2) is 0 Å². The molecule has 0 unspecified atom stereocenters. The van der Waals surface area contributed by atoms with E-state index < -0.39 is 6.03 Å². The van der Waals surface area contributed by atoms with Crippen LogP contribution in [0, 0.1) is 5.92 Å². The summed E-state index contributed by atoms with van der Waals surface area (Å²) in [5, 5.41) is 7.34. The van der Waals surface area contributed by atoms with Gasteiger partial charge in [-0.3, -0.25) is 9.48 Å². The van der Waals surface area contributed by atoms with Crippen molar-refractivity contribution < 1.29 is 9.59 Å². The lowest BCUT2D eigenvalue weighted by molar-refractivity contribution is -0.126. The van der Waals surface area contributed by atoms with Gasteiger partial charge in [0.1, 0.15) is 0 Å². The van der Waals surface area contributed by atoms with Crippen LogP contribution in [0.2, 0.25) is 0 Å². The number of hydrogen-bond acceptors (Lipinski definition) is 3. The average Bonchev–Trinajstić information content (AvgIpc) is 3.30. The van der Waals surface area contributed by atoms with E-state index >= 15 is 0 Å². The van der Waals surface area contributed by atoms with Crippen LogP contribution >= 0.6 is 0 Å². The Kier molecular flexibility index (Phi) is 4.83. The number of likely N-dealkylation sites (tertiary alicyclic amines) is 1. The third kappa shape index (κ3) is 4.03. The number of nitrogens with two attached hydrogens (primary N) is 1. The molecule has 0 bridgehead atoms. The summed E-state index contributed by atoms with van der Waals surface area (Å²) in [6.07, 6.45) is 6.90. The summed E-state index contributed by atoms with van der Waals surface area (Å²) in [5.74, 6) is 0.580. The molecule has 1 atom stereocenters. The molecular weight excluding hydrogens is 294 g/mol. The van der Waals surface area contributed by atoms with Crippen molar-refractivity contribution in [1.82, 2.24) is 20.0 Å². The smallest absolute Gasteiger partial charge is 0.314 e. The van der Waals surface area contributed by atoms with E-state index in [9.17, 15) is 9.59 Å². The normalized spacial score (nSPS) is 21.2. The molecule has 2 heterocycles. The lowest BCUT2D eigenvalue weighted by Gasteiger charge is -2.30. The van der Waals surface area contributed by atoms with Gasteiger partial charge in [-0.2, -0.15) is 5.10 Å². The van der Waals surface area contributed by atoms with Gasteiger partial charge >= 0.3 is 6.03 Å². The monoisotopic (exact) mass is 319 g/mol. The van der Waals surface area contributed by atoms with Crippen molar-refractivity contribution in [2.24, 2.45) is 11.7 Å². The summed E-state index contributed by atoms with van der Waals surface area (Å²) in [6, 6.07) is 1.66. The summed E-state index contributed by atoms with van der Waals surface area (Å²) in [7, 11) is 0. The van der Waals surface area contributed by atoms with E-state index in [-0.39, 0.29) is 11.8 Å². The number of carbonyl (C=O) groups is 2. The van der Waals surface area contributed by atoms with Crippen LogP contribution in [0.1, 0.15) is 43.7 Å². The van der Waals surface area contributed by atoms with Crippen LogP contribution in [-0.2, 0) is 11.3 Å². The zero-order valence-corrected chi connectivity index (χ0v) is 13.4. The fourth-order valence-electron chi connectivity index (χ4n) is 3.23. The molecule has 126 valence electrons. The number of nitrogens with zero attached hydrogens (tertiary/aromatic N) is 3. The molecule has 3 amide bonds. The fraction of sp³-hybridized carbons (Fsp3) is 0.688. The number of aryl methyl sites for hydroxylation is 1. The zero-order valence-electron chi connectivity index (χ0n) is 13.4. The molecule has 7 heteroatoms. The van der Waals surface area contributed by atoms with Crippen LogP contribution in [0.4, 0.5) is 4.79 Å². The molecule has 1 aliphatic carbocycles. The average molecular weight is 319 g/mol. The second-order valence-corrected chi connectivity index (χ2v) is 6.52. The highest BCUT2D eigenvalue weighted by Crippen LogP contribution is 2.39. The maximum absolute atomic E-state index is 12.2. The van der Waals surface area contributed by atoms with Gasteiger partial charge in [-0.25, -0.2) is 4.79 Å². The van der Waals surface area contributed by atoms with Crippen molar-refractivity contribution in [1.29, 1.82) is 0 Å². The van der Waals surface area contributed by atoms with Crippen LogP contribution in [-0.4, -0.2) is 46.3 Å². The third-order valence-electron chi connectivity index (χ3n) is 4.69. The van der Waals surface area contributed by atoms with Crippen LogP contribution in [0.3, 0.4) is 0 Å². The second kappa shape index (κ2) is 7.02. The van der Waals surface area contributed by atoms with Crippen molar-refractivity contribution in [3.8, 4) is 0 Å². The van der Waals surface area contributed by atoms with Crippen molar-refractivity contribution in [2.75, 3.05) is 19.6 Å². The Morgan fingerprint density at radius 2 is 2.17 bits per heavy atom. The third-order valence-corrected chi connectivity index (χ3v) is 4.69. The topological polar surface area (TPSA) is 93.3 Å². The molecule has 0 radical (unpaired) electrons. The lowest BCUT2D eigenvalue weighted by atomic mass is 9.97. The molecule has 0 aromatic carbocycles. The van der Waals surface area contributed by atoms with Crippen LogP contribution in [0.25, 0.3) is 0 Å². The standard InChI is InChI=1S/C16H25N5O2/c17-16(23)20-9-1-3-13(11-20)15(22)18-7-2-10-21-14(6-8-19-21)12-4-5-12/h6,8,12-13H,1-5,7,9-11H2,(H2,17,23)(H,18,22)/t13-/m0/s1. The summed E-state index contributed by atoms with van der Waals surface area (Å²) >= 11 is 0. The summed E-state index contributed by atoms with van der Waals surface area (Å²) in [6.45, 7) is 2.56. The Balaban J connectivity index is 1.39. The molecule has 3 rings (SSSR count). The van der Waals surface area contributed by atoms with E-state index in [1.54, 1.807) is 4.90 Å². The zero-order chi connectivity index (χ0) is 16.2. The van der Waals surface area contributed by atoms with Gasteiger partial charge in [0.2, 0.25) is 5.91 Å². The van der Waals surface area contributed by atoms with Gasteiger partial charge < -0.3 is 16.0 Å². The molecule has 1 aromatic heterocycles. The van der Waals surface area contributed by atoms with Gasteiger partial charge in [0.25, 0.3) is 0 Å². The minimum atomic E-state index is -0.436. The highest BCUT2D eigenvalue weighted by Gasteiger charge is 2.28. The Labute approximate surface area is 136 Å². The molecule has 1 saturated heterocycles. The van der Waals surface area contributed by atoms with E-state index in [1.807, 2.05) is 6.20 Å². The molecule has 23 heavy (non-hydrogen) atoms. The second-order valence-electron chi connectivity index (χ2n) is 6.52. The highest BCUT2D eigenvalue weighted by atomic mass is 16.2. The molecular formula is C16H25N5O2. The first kappa shape index (κ1) is 15.8. The fourth-order valence-corrected chi connectivity index (χ4v) is 3.23. The van der Waals surface area contributed by atoms with Crippen molar-refractivity contribution >= 4 is 11.9 Å². The largest absolute Gasteiger partial charge is 0.356 e. The van der Waals surface area contributed by atoms with E-state index in [4.69, 9.17) is 5.73 Å². The van der Waals surface area contributed by atoms with E-state index in [0.29, 0.717) is 25.6 Å². The summed E-state index contributed by atoms with van der Waals surface area (Å²) in [5.41, 5.74) is 6.61. The minimum absolute atomic E-state index is 0.0267. The molecule has 7 nitrogen and oxygen atoms in total. The molecule has 3 N–H and O–H groups in total. The van der Waals surface area contributed by atoms with E-state index in [1.165, 1.54) is 18.5 Å². The Morgan fingerprint density at radius 1 is 1.35 bits per heavy atom. The first-order valence-electron chi connectivity index (χ1n) is 8.49. The first-order chi connectivity index (χ1) is 11.1. The molecule has 2 aliphatic rings. The number of nitrogens with one attached hydrogen (secondary N) is 1. The number of carbonyl (C=O) groups excluding carboxylic acids is 2. The van der Waals surface area contributed by atoms with E-state index in [2.05, 4.69) is 21.2 Å². The predicted octanol–water partition coefficient (Wildman–Crippen LogP) is 1.06. The molecule has 1 aliphatic heterocycles. The number of aromatic nitrogens is 2. The summed E-state index contributed by atoms with van der Waals surface area (Å²) < 4.78 is 2.05. The maximum Gasteiger partial charge on any atom is 0.314 e. The van der Waals surface area contributed by atoms with Gasteiger partial charge in [-0.15, -0.1) is 0 Å². The Bertz CT molecular complexity index is 567. The number of hydrogen-bond donors (Lipinski definition) is 2.